The Bertz CT molecular complexity index is 386. The second-order valence-electron chi connectivity index (χ2n) is 4.30. The summed E-state index contributed by atoms with van der Waals surface area (Å²) in [6.45, 7) is 7.18. The van der Waals surface area contributed by atoms with Crippen LogP contribution in [0.3, 0.4) is 0 Å². The van der Waals surface area contributed by atoms with Crippen LogP contribution in [0.4, 0.5) is 5.69 Å². The second-order valence-corrected chi connectivity index (χ2v) is 4.68. The fourth-order valence-electron chi connectivity index (χ4n) is 0.966. The fraction of sp³-hybridized carbons (Fsp3) is 0.600. The molecule has 1 aromatic rings. The van der Waals surface area contributed by atoms with Gasteiger partial charge in [0.15, 0.2) is 0 Å². The molecule has 1 rings (SSSR count). The molecular formula is C10H16ClN3O. The van der Waals surface area contributed by atoms with Gasteiger partial charge in [0.05, 0.1) is 11.9 Å². The quantitative estimate of drug-likeness (QED) is 0.833. The molecule has 0 radical (unpaired) electrons. The Labute approximate surface area is 94.0 Å². The van der Waals surface area contributed by atoms with Crippen LogP contribution in [-0.2, 0) is 0 Å². The summed E-state index contributed by atoms with van der Waals surface area (Å²) >= 11 is 5.82. The van der Waals surface area contributed by atoms with E-state index in [4.69, 9.17) is 11.6 Å². The molecule has 1 heterocycles. The number of hydrogen-bond donors (Lipinski definition) is 2. The van der Waals surface area contributed by atoms with Gasteiger partial charge in [0, 0.05) is 6.54 Å². The number of nitrogens with one attached hydrogen (secondary N) is 2. The van der Waals surface area contributed by atoms with Crippen molar-refractivity contribution in [2.45, 2.75) is 27.2 Å². The highest BCUT2D eigenvalue weighted by atomic mass is 35.5. The van der Waals surface area contributed by atoms with Gasteiger partial charge in [-0.3, -0.25) is 4.79 Å². The average Bonchev–Trinajstić information content (AvgIpc) is 2.20. The summed E-state index contributed by atoms with van der Waals surface area (Å²) in [5, 5.41) is 9.25. The maximum Gasteiger partial charge on any atom is 0.285 e. The van der Waals surface area contributed by atoms with Crippen LogP contribution in [0.25, 0.3) is 0 Å². The van der Waals surface area contributed by atoms with E-state index in [2.05, 4.69) is 36.3 Å². The third-order valence-corrected chi connectivity index (χ3v) is 2.89. The minimum Gasteiger partial charge on any atom is -0.382 e. The molecule has 0 aliphatic heterocycles. The van der Waals surface area contributed by atoms with Crippen LogP contribution in [0, 0.1) is 5.41 Å². The number of aromatic amines is 1. The Morgan fingerprint density at radius 3 is 2.87 bits per heavy atom. The van der Waals surface area contributed by atoms with E-state index < -0.39 is 0 Å². The molecule has 1 aromatic heterocycles. The van der Waals surface area contributed by atoms with Crippen LogP contribution in [0.1, 0.15) is 27.2 Å². The lowest BCUT2D eigenvalue weighted by atomic mass is 9.90. The van der Waals surface area contributed by atoms with Crippen molar-refractivity contribution in [3.05, 3.63) is 21.6 Å². The molecule has 4 nitrogen and oxygen atoms in total. The smallest absolute Gasteiger partial charge is 0.285 e. The Hall–Kier alpha value is -1.03. The molecule has 0 amide bonds. The number of aromatic nitrogens is 2. The van der Waals surface area contributed by atoms with Gasteiger partial charge in [-0.15, -0.1) is 0 Å². The predicted molar refractivity (Wildman–Crippen MR) is 62.4 cm³/mol. The third-order valence-electron chi connectivity index (χ3n) is 2.51. The lowest BCUT2D eigenvalue weighted by Crippen LogP contribution is -2.23. The number of halogens is 1. The lowest BCUT2D eigenvalue weighted by molar-refractivity contribution is 0.377. The summed E-state index contributed by atoms with van der Waals surface area (Å²) < 4.78 is 0. The Morgan fingerprint density at radius 1 is 1.60 bits per heavy atom. The van der Waals surface area contributed by atoms with E-state index in [0.29, 0.717) is 5.69 Å². The highest BCUT2D eigenvalue weighted by Crippen LogP contribution is 2.22. The minimum atomic E-state index is -0.365. The summed E-state index contributed by atoms with van der Waals surface area (Å²) in [6.07, 6.45) is 2.57. The zero-order valence-corrected chi connectivity index (χ0v) is 9.98. The number of nitrogens with zero attached hydrogens (tertiary/aromatic N) is 1. The van der Waals surface area contributed by atoms with E-state index in [1.165, 1.54) is 6.20 Å². The second kappa shape index (κ2) is 4.66. The van der Waals surface area contributed by atoms with E-state index in [0.717, 1.165) is 13.0 Å². The molecule has 15 heavy (non-hydrogen) atoms. The fourth-order valence-corrected chi connectivity index (χ4v) is 1.12. The lowest BCUT2D eigenvalue weighted by Gasteiger charge is -2.23. The van der Waals surface area contributed by atoms with Crippen LogP contribution >= 0.6 is 11.6 Å². The van der Waals surface area contributed by atoms with Crippen molar-refractivity contribution in [3.63, 3.8) is 0 Å². The van der Waals surface area contributed by atoms with Gasteiger partial charge in [-0.25, -0.2) is 5.10 Å². The minimum absolute atomic E-state index is 0.164. The standard InChI is InChI=1S/C10H16ClN3O/c1-4-10(2,3)6-12-7-5-13-14-9(15)8(7)11/h5H,4,6H2,1-3H3,(H2,12,14,15). The van der Waals surface area contributed by atoms with Crippen molar-refractivity contribution in [3.8, 4) is 0 Å². The number of rotatable bonds is 4. The number of H-pyrrole nitrogens is 1. The van der Waals surface area contributed by atoms with Gasteiger partial charge in [0.25, 0.3) is 5.56 Å². The third kappa shape index (κ3) is 3.23. The first-order valence-electron chi connectivity index (χ1n) is 4.93. The maximum atomic E-state index is 11.1. The summed E-state index contributed by atoms with van der Waals surface area (Å²) in [7, 11) is 0. The predicted octanol–water partition coefficient (Wildman–Crippen LogP) is 2.27. The molecule has 84 valence electrons. The molecule has 2 N–H and O–H groups in total. The molecule has 0 fully saturated rings. The monoisotopic (exact) mass is 229 g/mol. The SMILES string of the molecule is CCC(C)(C)CNc1cn[nH]c(=O)c1Cl. The molecule has 0 aliphatic rings. The zero-order valence-electron chi connectivity index (χ0n) is 9.22. The van der Waals surface area contributed by atoms with E-state index in [-0.39, 0.29) is 16.0 Å². The van der Waals surface area contributed by atoms with Crippen LogP contribution < -0.4 is 10.9 Å². The molecule has 0 atom stereocenters. The van der Waals surface area contributed by atoms with Gasteiger partial charge in [-0.05, 0) is 11.8 Å². The van der Waals surface area contributed by atoms with E-state index in [1.807, 2.05) is 0 Å². The maximum absolute atomic E-state index is 11.1. The van der Waals surface area contributed by atoms with E-state index in [1.54, 1.807) is 0 Å². The topological polar surface area (TPSA) is 57.8 Å². The van der Waals surface area contributed by atoms with Gasteiger partial charge in [0.2, 0.25) is 0 Å². The van der Waals surface area contributed by atoms with E-state index >= 15 is 0 Å². The van der Waals surface area contributed by atoms with Crippen molar-refractivity contribution in [2.24, 2.45) is 5.41 Å². The molecule has 0 spiro atoms. The molecule has 0 bridgehead atoms. The summed E-state index contributed by atoms with van der Waals surface area (Å²) in [6, 6.07) is 0. The van der Waals surface area contributed by atoms with Gasteiger partial charge in [-0.2, -0.15) is 5.10 Å². The van der Waals surface area contributed by atoms with Crippen LogP contribution in [-0.4, -0.2) is 16.7 Å². The normalized spacial score (nSPS) is 11.5. The highest BCUT2D eigenvalue weighted by molar-refractivity contribution is 6.32. The van der Waals surface area contributed by atoms with Crippen molar-refractivity contribution < 1.29 is 0 Å². The van der Waals surface area contributed by atoms with Gasteiger partial charge in [-0.1, -0.05) is 32.4 Å². The van der Waals surface area contributed by atoms with Crippen molar-refractivity contribution in [1.29, 1.82) is 0 Å². The van der Waals surface area contributed by atoms with Crippen LogP contribution in [0.2, 0.25) is 5.02 Å². The number of anilines is 1. The summed E-state index contributed by atoms with van der Waals surface area (Å²) in [4.78, 5) is 11.1. The van der Waals surface area contributed by atoms with Gasteiger partial charge >= 0.3 is 0 Å². The van der Waals surface area contributed by atoms with Crippen molar-refractivity contribution >= 4 is 17.3 Å². The first-order valence-corrected chi connectivity index (χ1v) is 5.31. The molecule has 0 saturated heterocycles. The molecule has 0 aromatic carbocycles. The van der Waals surface area contributed by atoms with Gasteiger partial charge in [0.1, 0.15) is 5.02 Å². The Morgan fingerprint density at radius 2 is 2.27 bits per heavy atom. The largest absolute Gasteiger partial charge is 0.382 e. The van der Waals surface area contributed by atoms with Crippen LogP contribution in [0.5, 0.6) is 0 Å². The molecule has 5 heteroatoms. The average molecular weight is 230 g/mol. The summed E-state index contributed by atoms with van der Waals surface area (Å²) in [5.74, 6) is 0. The summed E-state index contributed by atoms with van der Waals surface area (Å²) in [5.41, 5.74) is 0.393. The zero-order chi connectivity index (χ0) is 11.5. The number of hydrogen-bond acceptors (Lipinski definition) is 3. The van der Waals surface area contributed by atoms with Crippen LogP contribution in [0.15, 0.2) is 11.0 Å². The molecule has 0 unspecified atom stereocenters. The van der Waals surface area contributed by atoms with Crippen molar-refractivity contribution in [1.82, 2.24) is 10.2 Å². The highest BCUT2D eigenvalue weighted by Gasteiger charge is 2.15. The first-order chi connectivity index (χ1) is 6.96. The molecular weight excluding hydrogens is 214 g/mol. The Kier molecular flexibility index (Phi) is 3.74. The first kappa shape index (κ1) is 12.0. The van der Waals surface area contributed by atoms with Gasteiger partial charge < -0.3 is 5.32 Å². The van der Waals surface area contributed by atoms with E-state index in [9.17, 15) is 4.79 Å². The Balaban J connectivity index is 2.74. The molecule has 0 saturated carbocycles. The molecule has 0 aliphatic carbocycles. The van der Waals surface area contributed by atoms with Crippen molar-refractivity contribution in [2.75, 3.05) is 11.9 Å².